The number of ketones is 1. The van der Waals surface area contributed by atoms with Gasteiger partial charge in [0.1, 0.15) is 5.69 Å². The first-order valence-electron chi connectivity index (χ1n) is 10.9. The Balaban J connectivity index is 1.59. The Labute approximate surface area is 191 Å². The summed E-state index contributed by atoms with van der Waals surface area (Å²) >= 11 is 0. The van der Waals surface area contributed by atoms with Crippen molar-refractivity contribution in [3.05, 3.63) is 77.7 Å². The number of carbonyl (C=O) groups excluding carboxylic acids is 1. The van der Waals surface area contributed by atoms with Gasteiger partial charge in [0, 0.05) is 24.3 Å². The first-order valence-corrected chi connectivity index (χ1v) is 10.9. The Morgan fingerprint density at radius 1 is 1.15 bits per heavy atom. The minimum absolute atomic E-state index is 0.146. The van der Waals surface area contributed by atoms with Crippen molar-refractivity contribution in [3.8, 4) is 5.75 Å². The van der Waals surface area contributed by atoms with Crippen LogP contribution >= 0.6 is 0 Å². The van der Waals surface area contributed by atoms with E-state index in [1.54, 1.807) is 18.2 Å². The minimum atomic E-state index is -4.78. The number of rotatable bonds is 5. The summed E-state index contributed by atoms with van der Waals surface area (Å²) < 4.78 is 43.7. The third-order valence-electron chi connectivity index (χ3n) is 5.85. The molecule has 0 spiro atoms. The molecule has 172 valence electrons. The molecule has 4 nitrogen and oxygen atoms in total. The molecule has 1 aliphatic heterocycles. The molecule has 2 aromatic rings. The lowest BCUT2D eigenvalue weighted by Crippen LogP contribution is -2.30. The number of halogens is 3. The highest BCUT2D eigenvalue weighted by atomic mass is 19.4. The van der Waals surface area contributed by atoms with Crippen LogP contribution in [0.15, 0.2) is 55.1 Å². The molecule has 7 heteroatoms. The molecule has 0 bridgehead atoms. The molecule has 2 aliphatic rings. The van der Waals surface area contributed by atoms with Gasteiger partial charge in [-0.3, -0.25) is 4.79 Å². The van der Waals surface area contributed by atoms with Crippen molar-refractivity contribution in [1.29, 1.82) is 0 Å². The highest BCUT2D eigenvalue weighted by Gasteiger charge is 2.33. The molecule has 0 saturated carbocycles. The Kier molecular flexibility index (Phi) is 6.40. The third kappa shape index (κ3) is 5.35. The summed E-state index contributed by atoms with van der Waals surface area (Å²) in [6, 6.07) is 8.58. The number of alkyl halides is 3. The standard InChI is InChI=1S/C26H25F3N2O2/c1-17(6-8-19-10-13-23(32)25-21(19)11-7-18(2)30-25)20-9-12-22(31-14-4-3-5-15-31)24(16-20)33-26(27,28)29/h7-13,16H,1,3-6,14-15H2,2H3/b19-8+. The number of allylic oxidation sites excluding steroid dienone is 5. The van der Waals surface area contributed by atoms with Crippen LogP contribution in [0.2, 0.25) is 0 Å². The molecule has 1 fully saturated rings. The maximum atomic E-state index is 13.1. The average molecular weight is 454 g/mol. The third-order valence-corrected chi connectivity index (χ3v) is 5.85. The molecule has 0 amide bonds. The molecular weight excluding hydrogens is 429 g/mol. The molecule has 1 aromatic heterocycles. The van der Waals surface area contributed by atoms with E-state index in [0.717, 1.165) is 36.1 Å². The molecule has 0 radical (unpaired) electrons. The van der Waals surface area contributed by atoms with Gasteiger partial charge in [0.05, 0.1) is 5.69 Å². The van der Waals surface area contributed by atoms with Crippen LogP contribution in [0.25, 0.3) is 11.1 Å². The number of piperidine rings is 1. The lowest BCUT2D eigenvalue weighted by Gasteiger charge is -2.30. The fourth-order valence-electron chi connectivity index (χ4n) is 4.18. The number of benzene rings is 1. The monoisotopic (exact) mass is 454 g/mol. The molecule has 33 heavy (non-hydrogen) atoms. The van der Waals surface area contributed by atoms with Gasteiger partial charge in [0.25, 0.3) is 0 Å². The van der Waals surface area contributed by atoms with Gasteiger partial charge in [0.2, 0.25) is 5.78 Å². The highest BCUT2D eigenvalue weighted by Crippen LogP contribution is 2.37. The summed E-state index contributed by atoms with van der Waals surface area (Å²) in [4.78, 5) is 18.4. The van der Waals surface area contributed by atoms with E-state index in [-0.39, 0.29) is 11.5 Å². The number of pyridine rings is 1. The van der Waals surface area contributed by atoms with Crippen molar-refractivity contribution in [1.82, 2.24) is 4.98 Å². The largest absolute Gasteiger partial charge is 0.573 e. The second-order valence-corrected chi connectivity index (χ2v) is 8.29. The van der Waals surface area contributed by atoms with Gasteiger partial charge in [-0.15, -0.1) is 13.2 Å². The second-order valence-electron chi connectivity index (χ2n) is 8.29. The SMILES string of the molecule is C=C(C/C=C1\C=CC(=O)c2nc(C)ccc21)c1ccc(N2CCCCC2)c(OC(F)(F)F)c1. The maximum absolute atomic E-state index is 13.1. The lowest BCUT2D eigenvalue weighted by molar-refractivity contribution is -0.274. The number of anilines is 1. The van der Waals surface area contributed by atoms with Crippen LogP contribution in [0.3, 0.4) is 0 Å². The van der Waals surface area contributed by atoms with E-state index in [1.165, 1.54) is 12.1 Å². The van der Waals surface area contributed by atoms with Crippen molar-refractivity contribution in [3.63, 3.8) is 0 Å². The predicted octanol–water partition coefficient (Wildman–Crippen LogP) is 6.52. The molecule has 0 unspecified atom stereocenters. The van der Waals surface area contributed by atoms with E-state index < -0.39 is 6.36 Å². The molecule has 0 atom stereocenters. The number of hydrogen-bond donors (Lipinski definition) is 0. The molecular formula is C26H25F3N2O2. The number of aryl methyl sites for hydroxylation is 1. The minimum Gasteiger partial charge on any atom is -0.404 e. The number of fused-ring (bicyclic) bond motifs is 1. The number of hydrogen-bond acceptors (Lipinski definition) is 4. The summed E-state index contributed by atoms with van der Waals surface area (Å²) in [6.45, 7) is 7.31. The van der Waals surface area contributed by atoms with Gasteiger partial charge in [-0.2, -0.15) is 0 Å². The van der Waals surface area contributed by atoms with Crippen LogP contribution in [-0.2, 0) is 0 Å². The van der Waals surface area contributed by atoms with Crippen LogP contribution in [0.5, 0.6) is 5.75 Å². The molecule has 1 saturated heterocycles. The Hall–Kier alpha value is -3.35. The van der Waals surface area contributed by atoms with Gasteiger partial charge in [-0.25, -0.2) is 4.98 Å². The molecule has 1 aromatic carbocycles. The van der Waals surface area contributed by atoms with Gasteiger partial charge < -0.3 is 9.64 Å². The topological polar surface area (TPSA) is 42.4 Å². The zero-order valence-corrected chi connectivity index (χ0v) is 18.4. The van der Waals surface area contributed by atoms with Crippen LogP contribution in [0, 0.1) is 6.92 Å². The first kappa shape index (κ1) is 22.8. The van der Waals surface area contributed by atoms with Crippen molar-refractivity contribution in [2.75, 3.05) is 18.0 Å². The van der Waals surface area contributed by atoms with E-state index in [9.17, 15) is 18.0 Å². The van der Waals surface area contributed by atoms with Gasteiger partial charge in [0.15, 0.2) is 5.75 Å². The first-order chi connectivity index (χ1) is 15.7. The van der Waals surface area contributed by atoms with Crippen LogP contribution < -0.4 is 9.64 Å². The Bertz CT molecular complexity index is 1140. The van der Waals surface area contributed by atoms with Crippen molar-refractivity contribution in [2.24, 2.45) is 0 Å². The quantitative estimate of drug-likeness (QED) is 0.516. The smallest absolute Gasteiger partial charge is 0.404 e. The van der Waals surface area contributed by atoms with E-state index in [1.807, 2.05) is 30.0 Å². The van der Waals surface area contributed by atoms with E-state index in [2.05, 4.69) is 16.3 Å². The van der Waals surface area contributed by atoms with Gasteiger partial charge in [-0.05, 0) is 73.6 Å². The normalized spacial score (nSPS) is 17.3. The molecule has 1 aliphatic carbocycles. The lowest BCUT2D eigenvalue weighted by atomic mass is 9.93. The molecule has 2 heterocycles. The van der Waals surface area contributed by atoms with Crippen LogP contribution in [0.1, 0.15) is 53.0 Å². The zero-order chi connectivity index (χ0) is 23.6. The Morgan fingerprint density at radius 2 is 1.91 bits per heavy atom. The zero-order valence-electron chi connectivity index (χ0n) is 18.4. The average Bonchev–Trinajstić information content (AvgIpc) is 2.78. The fraction of sp³-hybridized carbons (Fsp3) is 0.308. The van der Waals surface area contributed by atoms with Gasteiger partial charge >= 0.3 is 6.36 Å². The van der Waals surface area contributed by atoms with Crippen LogP contribution in [-0.4, -0.2) is 30.2 Å². The molecule has 4 rings (SSSR count). The Morgan fingerprint density at radius 3 is 2.64 bits per heavy atom. The number of nitrogens with zero attached hydrogens (tertiary/aromatic N) is 2. The number of ether oxygens (including phenoxy) is 1. The van der Waals surface area contributed by atoms with Crippen molar-refractivity contribution < 1.29 is 22.7 Å². The van der Waals surface area contributed by atoms with Gasteiger partial charge in [-0.1, -0.05) is 30.9 Å². The summed E-state index contributed by atoms with van der Waals surface area (Å²) in [5.74, 6) is -0.351. The van der Waals surface area contributed by atoms with Crippen molar-refractivity contribution in [2.45, 2.75) is 39.0 Å². The summed E-state index contributed by atoms with van der Waals surface area (Å²) in [5, 5.41) is 0. The number of carbonyl (C=O) groups is 1. The van der Waals surface area contributed by atoms with Crippen LogP contribution in [0.4, 0.5) is 18.9 Å². The number of aromatic nitrogens is 1. The second kappa shape index (κ2) is 9.25. The van der Waals surface area contributed by atoms with E-state index >= 15 is 0 Å². The highest BCUT2D eigenvalue weighted by molar-refractivity contribution is 6.11. The van der Waals surface area contributed by atoms with E-state index in [0.29, 0.717) is 42.0 Å². The maximum Gasteiger partial charge on any atom is 0.573 e. The summed E-state index contributed by atoms with van der Waals surface area (Å²) in [6.07, 6.45) is 3.70. The summed E-state index contributed by atoms with van der Waals surface area (Å²) in [5.41, 5.74) is 4.40. The fourth-order valence-corrected chi connectivity index (χ4v) is 4.18. The summed E-state index contributed by atoms with van der Waals surface area (Å²) in [7, 11) is 0. The van der Waals surface area contributed by atoms with Crippen molar-refractivity contribution >= 4 is 22.6 Å². The molecule has 0 N–H and O–H groups in total. The predicted molar refractivity (Wildman–Crippen MR) is 123 cm³/mol. The van der Waals surface area contributed by atoms with E-state index in [4.69, 9.17) is 0 Å².